The summed E-state index contributed by atoms with van der Waals surface area (Å²) in [6.07, 6.45) is 6.53. The summed E-state index contributed by atoms with van der Waals surface area (Å²) < 4.78 is 22.0. The molecular weight excluding hydrogens is 444 g/mol. The maximum atomic E-state index is 12.7. The highest BCUT2D eigenvalue weighted by Gasteiger charge is 2.13. The molecule has 35 heavy (non-hydrogen) atoms. The number of nitrogens with one attached hydrogen (secondary N) is 1. The van der Waals surface area contributed by atoms with Crippen LogP contribution in [0, 0.1) is 0 Å². The van der Waals surface area contributed by atoms with Gasteiger partial charge in [-0.3, -0.25) is 4.79 Å². The third-order valence-corrected chi connectivity index (χ3v) is 5.47. The Labute approximate surface area is 210 Å². The minimum atomic E-state index is -0.0195. The lowest BCUT2D eigenvalue weighted by Gasteiger charge is -2.20. The smallest absolute Gasteiger partial charge is 0.225 e. The van der Waals surface area contributed by atoms with Gasteiger partial charge in [-0.05, 0) is 68.2 Å². The standard InChI is InChI=1S/C28H40N2O5/c1-7-15-30(16-8-2)17-14-27(31)29-23-18-21(12-13-24(23)35-9-3)10-11-22-19-25(32-4)28(34-6)26(20-22)33-5/h10-13,18-20H,7-9,14-17H2,1-6H3,(H,29,31)/b11-10-. The third kappa shape index (κ3) is 8.51. The second-order valence-electron chi connectivity index (χ2n) is 8.12. The zero-order valence-corrected chi connectivity index (χ0v) is 22.0. The molecule has 2 aromatic carbocycles. The van der Waals surface area contributed by atoms with Gasteiger partial charge < -0.3 is 29.2 Å². The van der Waals surface area contributed by atoms with E-state index in [1.165, 1.54) is 0 Å². The van der Waals surface area contributed by atoms with Crippen LogP contribution in [0.4, 0.5) is 5.69 Å². The van der Waals surface area contributed by atoms with E-state index >= 15 is 0 Å². The zero-order valence-electron chi connectivity index (χ0n) is 22.0. The second kappa shape index (κ2) is 14.9. The Morgan fingerprint density at radius 2 is 1.46 bits per heavy atom. The number of carbonyl (C=O) groups excluding carboxylic acids is 1. The molecule has 0 saturated carbocycles. The lowest BCUT2D eigenvalue weighted by molar-refractivity contribution is -0.116. The van der Waals surface area contributed by atoms with E-state index in [4.69, 9.17) is 18.9 Å². The van der Waals surface area contributed by atoms with E-state index in [9.17, 15) is 4.79 Å². The van der Waals surface area contributed by atoms with Crippen molar-refractivity contribution in [2.24, 2.45) is 0 Å². The van der Waals surface area contributed by atoms with Gasteiger partial charge in [0.05, 0.1) is 33.6 Å². The molecular formula is C28H40N2O5. The van der Waals surface area contributed by atoms with Gasteiger partial charge in [-0.15, -0.1) is 0 Å². The average molecular weight is 485 g/mol. The number of ether oxygens (including phenoxy) is 4. The predicted octanol–water partition coefficient (Wildman–Crippen LogP) is 5.73. The summed E-state index contributed by atoms with van der Waals surface area (Å²) in [6, 6.07) is 9.53. The summed E-state index contributed by atoms with van der Waals surface area (Å²) in [7, 11) is 4.77. The quantitative estimate of drug-likeness (QED) is 0.326. The summed E-state index contributed by atoms with van der Waals surface area (Å²) in [5, 5.41) is 3.04. The van der Waals surface area contributed by atoms with Crippen LogP contribution >= 0.6 is 0 Å². The SMILES string of the molecule is CCCN(CCC)CCC(=O)Nc1cc(/C=C\c2cc(OC)c(OC)c(OC)c2)ccc1OCC. The van der Waals surface area contributed by atoms with E-state index in [-0.39, 0.29) is 5.91 Å². The molecule has 1 N–H and O–H groups in total. The molecule has 7 heteroatoms. The van der Waals surface area contributed by atoms with Crippen molar-refractivity contribution in [1.82, 2.24) is 4.90 Å². The highest BCUT2D eigenvalue weighted by molar-refractivity contribution is 5.93. The monoisotopic (exact) mass is 484 g/mol. The van der Waals surface area contributed by atoms with Crippen molar-refractivity contribution in [2.45, 2.75) is 40.0 Å². The van der Waals surface area contributed by atoms with Gasteiger partial charge in [0.15, 0.2) is 11.5 Å². The number of methoxy groups -OCH3 is 3. The number of hydrogen-bond acceptors (Lipinski definition) is 6. The molecule has 0 saturated heterocycles. The molecule has 192 valence electrons. The molecule has 0 aliphatic carbocycles. The molecule has 0 aromatic heterocycles. The third-order valence-electron chi connectivity index (χ3n) is 5.47. The van der Waals surface area contributed by atoms with Gasteiger partial charge in [0, 0.05) is 13.0 Å². The first-order valence-electron chi connectivity index (χ1n) is 12.3. The van der Waals surface area contributed by atoms with E-state index in [0.29, 0.717) is 41.7 Å². The van der Waals surface area contributed by atoms with Gasteiger partial charge in [0.1, 0.15) is 5.75 Å². The summed E-state index contributed by atoms with van der Waals surface area (Å²) in [5.41, 5.74) is 2.49. The number of amides is 1. The Morgan fingerprint density at radius 3 is 2.00 bits per heavy atom. The summed E-state index contributed by atoms with van der Waals surface area (Å²) in [5.74, 6) is 2.37. The van der Waals surface area contributed by atoms with Crippen molar-refractivity contribution in [1.29, 1.82) is 0 Å². The molecule has 2 rings (SSSR count). The molecule has 0 unspecified atom stereocenters. The van der Waals surface area contributed by atoms with Gasteiger partial charge in [-0.1, -0.05) is 32.1 Å². The molecule has 0 radical (unpaired) electrons. The second-order valence-corrected chi connectivity index (χ2v) is 8.12. The molecule has 2 aromatic rings. The molecule has 0 bridgehead atoms. The van der Waals surface area contributed by atoms with Crippen LogP contribution < -0.4 is 24.3 Å². The Kier molecular flexibility index (Phi) is 12.0. The van der Waals surface area contributed by atoms with Crippen molar-refractivity contribution in [2.75, 3.05) is 52.9 Å². The normalized spacial score (nSPS) is 11.1. The number of benzene rings is 2. The van der Waals surface area contributed by atoms with Crippen LogP contribution in [0.25, 0.3) is 12.2 Å². The number of rotatable bonds is 15. The number of hydrogen-bond donors (Lipinski definition) is 1. The van der Waals surface area contributed by atoms with Crippen LogP contribution in [0.1, 0.15) is 51.2 Å². The largest absolute Gasteiger partial charge is 0.493 e. The molecule has 0 fully saturated rings. The fraction of sp³-hybridized carbons (Fsp3) is 0.464. The van der Waals surface area contributed by atoms with Gasteiger partial charge in [0.25, 0.3) is 0 Å². The highest BCUT2D eigenvalue weighted by atomic mass is 16.5. The zero-order chi connectivity index (χ0) is 25.6. The molecule has 0 heterocycles. The molecule has 7 nitrogen and oxygen atoms in total. The number of carbonyl (C=O) groups is 1. The van der Waals surface area contributed by atoms with Crippen molar-refractivity contribution >= 4 is 23.7 Å². The van der Waals surface area contributed by atoms with E-state index in [0.717, 1.165) is 43.6 Å². The minimum Gasteiger partial charge on any atom is -0.493 e. The lowest BCUT2D eigenvalue weighted by Crippen LogP contribution is -2.29. The first-order chi connectivity index (χ1) is 17.0. The molecule has 0 aliphatic rings. The fourth-order valence-corrected chi connectivity index (χ4v) is 3.86. The van der Waals surface area contributed by atoms with Gasteiger partial charge in [-0.25, -0.2) is 0 Å². The van der Waals surface area contributed by atoms with E-state index in [2.05, 4.69) is 24.1 Å². The van der Waals surface area contributed by atoms with Crippen LogP contribution in [-0.2, 0) is 4.79 Å². The topological polar surface area (TPSA) is 69.3 Å². The Balaban J connectivity index is 2.20. The van der Waals surface area contributed by atoms with Gasteiger partial charge in [0.2, 0.25) is 11.7 Å². The summed E-state index contributed by atoms with van der Waals surface area (Å²) in [6.45, 7) is 9.53. The van der Waals surface area contributed by atoms with Gasteiger partial charge >= 0.3 is 0 Å². The summed E-state index contributed by atoms with van der Waals surface area (Å²) in [4.78, 5) is 15.1. The lowest BCUT2D eigenvalue weighted by atomic mass is 10.1. The van der Waals surface area contributed by atoms with E-state index < -0.39 is 0 Å². The molecule has 0 aliphatic heterocycles. The average Bonchev–Trinajstić information content (AvgIpc) is 2.87. The van der Waals surface area contributed by atoms with Crippen molar-refractivity contribution in [3.63, 3.8) is 0 Å². The Hall–Kier alpha value is -3.19. The predicted molar refractivity (Wildman–Crippen MR) is 143 cm³/mol. The van der Waals surface area contributed by atoms with Crippen molar-refractivity contribution in [3.05, 3.63) is 41.5 Å². The maximum absolute atomic E-state index is 12.7. The molecule has 1 amide bonds. The first kappa shape index (κ1) is 28.1. The van der Waals surface area contributed by atoms with Crippen LogP contribution in [0.2, 0.25) is 0 Å². The van der Waals surface area contributed by atoms with Crippen LogP contribution in [0.3, 0.4) is 0 Å². The summed E-state index contributed by atoms with van der Waals surface area (Å²) >= 11 is 0. The first-order valence-corrected chi connectivity index (χ1v) is 12.3. The highest BCUT2D eigenvalue weighted by Crippen LogP contribution is 2.38. The van der Waals surface area contributed by atoms with Crippen molar-refractivity contribution in [3.8, 4) is 23.0 Å². The van der Waals surface area contributed by atoms with Gasteiger partial charge in [-0.2, -0.15) is 0 Å². The van der Waals surface area contributed by atoms with Crippen molar-refractivity contribution < 1.29 is 23.7 Å². The Bertz CT molecular complexity index is 943. The number of nitrogens with zero attached hydrogens (tertiary/aromatic N) is 1. The Morgan fingerprint density at radius 1 is 0.829 bits per heavy atom. The number of anilines is 1. The van der Waals surface area contributed by atoms with E-state index in [1.807, 2.05) is 49.4 Å². The maximum Gasteiger partial charge on any atom is 0.225 e. The minimum absolute atomic E-state index is 0.0195. The van der Waals surface area contributed by atoms with Crippen LogP contribution in [-0.4, -0.2) is 58.4 Å². The van der Waals surface area contributed by atoms with Crippen LogP contribution in [0.15, 0.2) is 30.3 Å². The molecule has 0 atom stereocenters. The fourth-order valence-electron chi connectivity index (χ4n) is 3.86. The van der Waals surface area contributed by atoms with E-state index in [1.54, 1.807) is 21.3 Å². The molecule has 0 spiro atoms. The van der Waals surface area contributed by atoms with Crippen LogP contribution in [0.5, 0.6) is 23.0 Å².